The van der Waals surface area contributed by atoms with Gasteiger partial charge in [0.05, 0.1) is 33.5 Å². The van der Waals surface area contributed by atoms with Crippen molar-refractivity contribution >= 4 is 96.7 Å². The average molecular weight is 845 g/mol. The van der Waals surface area contributed by atoms with Gasteiger partial charge in [-0.05, 0) is 112 Å². The van der Waals surface area contributed by atoms with E-state index in [4.69, 9.17) is 9.97 Å². The highest BCUT2D eigenvalue weighted by atomic mass is 32.1. The van der Waals surface area contributed by atoms with E-state index in [1.54, 1.807) is 0 Å². The fourth-order valence-corrected chi connectivity index (χ4v) is 11.3. The first kappa shape index (κ1) is 36.1. The molecule has 0 saturated carbocycles. The Balaban J connectivity index is 0.937. The van der Waals surface area contributed by atoms with Gasteiger partial charge in [-0.15, -0.1) is 11.3 Å². The molecule has 0 spiro atoms. The van der Waals surface area contributed by atoms with Crippen LogP contribution in [-0.2, 0) is 0 Å². The summed E-state index contributed by atoms with van der Waals surface area (Å²) in [6, 6.07) is 79.2. The van der Waals surface area contributed by atoms with Crippen molar-refractivity contribution in [2.75, 3.05) is 0 Å². The molecule has 0 radical (unpaired) electrons. The van der Waals surface area contributed by atoms with E-state index in [1.807, 2.05) is 11.3 Å². The molecular weight excluding hydrogens is 809 g/mol. The molecule has 5 heteroatoms. The predicted molar refractivity (Wildman–Crippen MR) is 275 cm³/mol. The molecule has 65 heavy (non-hydrogen) atoms. The molecule has 4 aromatic heterocycles. The van der Waals surface area contributed by atoms with E-state index in [-0.39, 0.29) is 0 Å². The Kier molecular flexibility index (Phi) is 7.82. The number of fused-ring (bicyclic) bond motifs is 11. The Hall–Kier alpha value is -8.38. The molecule has 0 amide bonds. The first-order valence-corrected chi connectivity index (χ1v) is 22.9. The fraction of sp³-hybridized carbons (Fsp3) is 0. The number of para-hydroxylation sites is 2. The van der Waals surface area contributed by atoms with Crippen LogP contribution in [0.15, 0.2) is 218 Å². The summed E-state index contributed by atoms with van der Waals surface area (Å²) in [6.07, 6.45) is 0. The van der Waals surface area contributed by atoms with Crippen molar-refractivity contribution in [2.24, 2.45) is 0 Å². The summed E-state index contributed by atoms with van der Waals surface area (Å²) in [5.41, 5.74) is 11.9. The van der Waals surface area contributed by atoms with Gasteiger partial charge < -0.3 is 4.57 Å². The SMILES string of the molecule is c1ccc2cc(-c3cc(-c4ccc5ccccc5c4)nc(-n4c5ccccc5c5cc(-c6ccc7c(c6)c6ccccc6n7-c6ccc7sc8ccccc8c7c6)ccc54)n3)ccc2c1. The van der Waals surface area contributed by atoms with Crippen molar-refractivity contribution in [3.05, 3.63) is 218 Å². The largest absolute Gasteiger partial charge is 0.309 e. The second-order valence-electron chi connectivity index (χ2n) is 17.0. The Bertz CT molecular complexity index is 4170. The van der Waals surface area contributed by atoms with Crippen molar-refractivity contribution in [1.29, 1.82) is 0 Å². The van der Waals surface area contributed by atoms with Gasteiger partial charge >= 0.3 is 0 Å². The van der Waals surface area contributed by atoms with Crippen molar-refractivity contribution in [3.63, 3.8) is 0 Å². The third-order valence-electron chi connectivity index (χ3n) is 13.3. The lowest BCUT2D eigenvalue weighted by Crippen LogP contribution is -2.04. The number of hydrogen-bond donors (Lipinski definition) is 0. The summed E-state index contributed by atoms with van der Waals surface area (Å²) in [5, 5.41) is 12.2. The summed E-state index contributed by atoms with van der Waals surface area (Å²) >= 11 is 1.86. The summed E-state index contributed by atoms with van der Waals surface area (Å²) in [6.45, 7) is 0. The van der Waals surface area contributed by atoms with Crippen LogP contribution in [0.3, 0.4) is 0 Å². The molecule has 14 rings (SSSR count). The number of nitrogens with zero attached hydrogens (tertiary/aromatic N) is 4. The zero-order chi connectivity index (χ0) is 42.6. The molecule has 10 aromatic carbocycles. The van der Waals surface area contributed by atoms with Gasteiger partial charge in [0.15, 0.2) is 0 Å². The van der Waals surface area contributed by atoms with E-state index in [1.165, 1.54) is 74.8 Å². The van der Waals surface area contributed by atoms with Gasteiger partial charge in [-0.25, -0.2) is 9.97 Å². The second-order valence-corrected chi connectivity index (χ2v) is 18.1. The molecule has 0 aliphatic heterocycles. The quantitative estimate of drug-likeness (QED) is 0.173. The zero-order valence-corrected chi connectivity index (χ0v) is 35.8. The van der Waals surface area contributed by atoms with E-state index < -0.39 is 0 Å². The van der Waals surface area contributed by atoms with Crippen LogP contribution in [0.5, 0.6) is 0 Å². The zero-order valence-electron chi connectivity index (χ0n) is 35.0. The summed E-state index contributed by atoms with van der Waals surface area (Å²) in [4.78, 5) is 10.8. The summed E-state index contributed by atoms with van der Waals surface area (Å²) < 4.78 is 7.30. The normalized spacial score (nSPS) is 12.0. The number of thiophene rings is 1. The Morgan fingerprint density at radius 2 is 0.769 bits per heavy atom. The summed E-state index contributed by atoms with van der Waals surface area (Å²) in [7, 11) is 0. The number of hydrogen-bond acceptors (Lipinski definition) is 3. The van der Waals surface area contributed by atoms with Crippen molar-refractivity contribution in [2.45, 2.75) is 0 Å². The molecule has 14 aromatic rings. The maximum Gasteiger partial charge on any atom is 0.235 e. The Morgan fingerprint density at radius 1 is 0.292 bits per heavy atom. The maximum atomic E-state index is 5.39. The molecule has 0 unspecified atom stereocenters. The molecule has 4 heterocycles. The van der Waals surface area contributed by atoms with Gasteiger partial charge in [0.25, 0.3) is 0 Å². The first-order valence-electron chi connectivity index (χ1n) is 22.0. The lowest BCUT2D eigenvalue weighted by Gasteiger charge is -2.13. The third kappa shape index (κ3) is 5.69. The van der Waals surface area contributed by atoms with E-state index >= 15 is 0 Å². The van der Waals surface area contributed by atoms with Crippen molar-refractivity contribution < 1.29 is 0 Å². The minimum Gasteiger partial charge on any atom is -0.309 e. The standard InChI is InChI=1S/C60H36N4S/c1-3-13-39-31-43(23-21-37(39)11-1)52-36-53(44-24-22-38-12-2-4-14-40(38)32-44)62-60(61-52)64-55-19-9-6-16-47(55)50-34-42(26-29-57(50)64)41-25-28-56-49(33-41)46-15-5-8-18-54(46)63(56)45-27-30-59-51(35-45)48-17-7-10-20-58(48)65-59/h1-36H. The van der Waals surface area contributed by atoms with Gasteiger partial charge in [-0.2, -0.15) is 0 Å². The van der Waals surface area contributed by atoms with Crippen LogP contribution < -0.4 is 0 Å². The molecule has 0 bridgehead atoms. The molecular formula is C60H36N4S. The maximum absolute atomic E-state index is 5.39. The van der Waals surface area contributed by atoms with Crippen LogP contribution in [-0.4, -0.2) is 19.1 Å². The second kappa shape index (κ2) is 14.1. The monoisotopic (exact) mass is 844 g/mol. The average Bonchev–Trinajstić information content (AvgIpc) is 4.03. The number of aromatic nitrogens is 4. The van der Waals surface area contributed by atoms with Crippen LogP contribution >= 0.6 is 11.3 Å². The topological polar surface area (TPSA) is 35.6 Å². The van der Waals surface area contributed by atoms with Crippen LogP contribution in [0.25, 0.3) is 131 Å². The number of rotatable bonds is 5. The molecule has 0 saturated heterocycles. The highest BCUT2D eigenvalue weighted by Gasteiger charge is 2.20. The Labute approximate surface area is 377 Å². The van der Waals surface area contributed by atoms with Crippen molar-refractivity contribution in [3.8, 4) is 45.3 Å². The van der Waals surface area contributed by atoms with Crippen LogP contribution in [0, 0.1) is 0 Å². The highest BCUT2D eigenvalue weighted by molar-refractivity contribution is 7.25. The number of benzene rings is 10. The van der Waals surface area contributed by atoms with Crippen molar-refractivity contribution in [1.82, 2.24) is 19.1 Å². The van der Waals surface area contributed by atoms with E-state index in [0.29, 0.717) is 5.95 Å². The smallest absolute Gasteiger partial charge is 0.235 e. The lowest BCUT2D eigenvalue weighted by atomic mass is 10.0. The lowest BCUT2D eigenvalue weighted by molar-refractivity contribution is 0.996. The molecule has 0 fully saturated rings. The van der Waals surface area contributed by atoms with Gasteiger partial charge in [0.1, 0.15) is 0 Å². The summed E-state index contributed by atoms with van der Waals surface area (Å²) in [5.74, 6) is 0.639. The molecule has 302 valence electrons. The van der Waals surface area contributed by atoms with Gasteiger partial charge in [0, 0.05) is 58.5 Å². The van der Waals surface area contributed by atoms with Crippen LogP contribution in [0.4, 0.5) is 0 Å². The molecule has 0 aliphatic rings. The van der Waals surface area contributed by atoms with E-state index in [2.05, 4.69) is 228 Å². The van der Waals surface area contributed by atoms with Gasteiger partial charge in [0.2, 0.25) is 5.95 Å². The van der Waals surface area contributed by atoms with E-state index in [0.717, 1.165) is 49.9 Å². The fourth-order valence-electron chi connectivity index (χ4n) is 10.2. The Morgan fingerprint density at radius 3 is 1.40 bits per heavy atom. The third-order valence-corrected chi connectivity index (χ3v) is 14.5. The molecule has 4 nitrogen and oxygen atoms in total. The van der Waals surface area contributed by atoms with E-state index in [9.17, 15) is 0 Å². The first-order chi connectivity index (χ1) is 32.2. The molecule has 0 atom stereocenters. The van der Waals surface area contributed by atoms with Gasteiger partial charge in [-0.1, -0.05) is 140 Å². The highest BCUT2D eigenvalue weighted by Crippen LogP contribution is 2.41. The minimum atomic E-state index is 0.639. The molecule has 0 N–H and O–H groups in total. The molecule has 0 aliphatic carbocycles. The van der Waals surface area contributed by atoms with Crippen LogP contribution in [0.2, 0.25) is 0 Å². The minimum absolute atomic E-state index is 0.639. The van der Waals surface area contributed by atoms with Crippen LogP contribution in [0.1, 0.15) is 0 Å². The predicted octanol–water partition coefficient (Wildman–Crippen LogP) is 16.3. The van der Waals surface area contributed by atoms with Gasteiger partial charge in [-0.3, -0.25) is 4.57 Å².